The van der Waals surface area contributed by atoms with Crippen LogP contribution in [-0.2, 0) is 14.3 Å². The zero-order chi connectivity index (χ0) is 8.69. The summed E-state index contributed by atoms with van der Waals surface area (Å²) in [4.78, 5) is 10.5. The molecule has 0 rings (SSSR count). The van der Waals surface area contributed by atoms with E-state index in [0.717, 1.165) is 0 Å². The van der Waals surface area contributed by atoms with Gasteiger partial charge in [0.1, 0.15) is 13.0 Å². The molecule has 0 amide bonds. The van der Waals surface area contributed by atoms with Crippen LogP contribution in [0.2, 0.25) is 0 Å². The number of esters is 1. The summed E-state index contributed by atoms with van der Waals surface area (Å²) in [6.45, 7) is 0.247. The van der Waals surface area contributed by atoms with Crippen molar-refractivity contribution in [2.45, 2.75) is 6.42 Å². The molecule has 0 aliphatic rings. The van der Waals surface area contributed by atoms with Gasteiger partial charge in [0, 0.05) is 0 Å². The summed E-state index contributed by atoms with van der Waals surface area (Å²) in [5.74, 6) is -0.286. The normalized spacial score (nSPS) is 8.91. The molecule has 0 spiro atoms. The molecule has 0 fully saturated rings. The Labute approximate surface area is 69.9 Å². The highest BCUT2D eigenvalue weighted by atomic mass is 35.5. The third-order valence-electron chi connectivity index (χ3n) is 0.886. The number of rotatable bonds is 4. The number of ether oxygens (including phenoxy) is 2. The van der Waals surface area contributed by atoms with Gasteiger partial charge in [-0.1, -0.05) is 0 Å². The summed E-state index contributed by atoms with van der Waals surface area (Å²) < 4.78 is 9.02. The van der Waals surface area contributed by atoms with E-state index in [-0.39, 0.29) is 18.9 Å². The lowest BCUT2D eigenvalue weighted by atomic mass is 10.4. The molecular formula is C6H10ClNO3. The van der Waals surface area contributed by atoms with Gasteiger partial charge < -0.3 is 9.47 Å². The number of methoxy groups -OCH3 is 1. The minimum atomic E-state index is -0.482. The van der Waals surface area contributed by atoms with Crippen molar-refractivity contribution in [3.63, 3.8) is 0 Å². The summed E-state index contributed by atoms with van der Waals surface area (Å²) in [6, 6.07) is 0. The molecule has 0 heterocycles. The van der Waals surface area contributed by atoms with E-state index in [4.69, 9.17) is 21.7 Å². The summed E-state index contributed by atoms with van der Waals surface area (Å²) in [5, 5.41) is 7.04. The fourth-order valence-electron chi connectivity index (χ4n) is 0.416. The molecule has 0 aromatic carbocycles. The molecule has 0 atom stereocenters. The van der Waals surface area contributed by atoms with Crippen LogP contribution in [0.4, 0.5) is 0 Å². The van der Waals surface area contributed by atoms with Gasteiger partial charge in [-0.3, -0.25) is 10.2 Å². The van der Waals surface area contributed by atoms with E-state index in [1.54, 1.807) is 0 Å². The molecule has 0 bridgehead atoms. The molecule has 1 N–H and O–H groups in total. The van der Waals surface area contributed by atoms with Gasteiger partial charge in [0.15, 0.2) is 5.90 Å². The van der Waals surface area contributed by atoms with Gasteiger partial charge in [-0.15, -0.1) is 11.6 Å². The van der Waals surface area contributed by atoms with E-state index >= 15 is 0 Å². The Morgan fingerprint density at radius 1 is 1.64 bits per heavy atom. The lowest BCUT2D eigenvalue weighted by molar-refractivity contribution is -0.139. The zero-order valence-electron chi connectivity index (χ0n) is 6.22. The Bertz CT molecular complexity index is 149. The number of carbonyl (C=O) groups excluding carboxylic acids is 1. The lowest BCUT2D eigenvalue weighted by Crippen LogP contribution is -2.12. The van der Waals surface area contributed by atoms with Crippen LogP contribution in [0.5, 0.6) is 0 Å². The van der Waals surface area contributed by atoms with Crippen LogP contribution in [0.1, 0.15) is 6.42 Å². The molecule has 0 saturated heterocycles. The fourth-order valence-corrected chi connectivity index (χ4v) is 0.493. The summed E-state index contributed by atoms with van der Waals surface area (Å²) >= 11 is 5.28. The molecule has 5 heteroatoms. The van der Waals surface area contributed by atoms with Gasteiger partial charge in [0.05, 0.1) is 13.0 Å². The van der Waals surface area contributed by atoms with E-state index in [9.17, 15) is 4.79 Å². The van der Waals surface area contributed by atoms with Crippen molar-refractivity contribution < 1.29 is 14.3 Å². The first-order chi connectivity index (χ1) is 5.20. The Kier molecular flexibility index (Phi) is 5.56. The minimum Gasteiger partial charge on any atom is -0.479 e. The van der Waals surface area contributed by atoms with Crippen LogP contribution < -0.4 is 0 Å². The van der Waals surface area contributed by atoms with Gasteiger partial charge in [-0.25, -0.2) is 0 Å². The second-order valence-electron chi connectivity index (χ2n) is 1.71. The second-order valence-corrected chi connectivity index (χ2v) is 2.09. The van der Waals surface area contributed by atoms with Crippen molar-refractivity contribution in [3.8, 4) is 0 Å². The maximum absolute atomic E-state index is 10.5. The second kappa shape index (κ2) is 5.97. The minimum absolute atomic E-state index is 0.113. The van der Waals surface area contributed by atoms with Crippen molar-refractivity contribution in [2.24, 2.45) is 0 Å². The molecule has 0 aromatic rings. The molecule has 0 saturated carbocycles. The largest absolute Gasteiger partial charge is 0.479 e. The predicted octanol–water partition coefficient (Wildman–Crippen LogP) is 0.782. The van der Waals surface area contributed by atoms with Crippen molar-refractivity contribution in [1.29, 1.82) is 5.41 Å². The van der Waals surface area contributed by atoms with Crippen molar-refractivity contribution in [3.05, 3.63) is 0 Å². The molecule has 0 aliphatic heterocycles. The van der Waals surface area contributed by atoms with Crippen molar-refractivity contribution in [1.82, 2.24) is 0 Å². The fraction of sp³-hybridized carbons (Fsp3) is 0.667. The van der Waals surface area contributed by atoms with Crippen LogP contribution >= 0.6 is 11.6 Å². The number of alkyl halides is 1. The maximum Gasteiger partial charge on any atom is 0.314 e. The number of hydrogen-bond acceptors (Lipinski definition) is 4. The SMILES string of the molecule is COC(=O)CC(=N)OCCCl. The zero-order valence-corrected chi connectivity index (χ0v) is 6.98. The number of halogens is 1. The molecule has 4 nitrogen and oxygen atoms in total. The van der Waals surface area contributed by atoms with Crippen LogP contribution in [0.3, 0.4) is 0 Å². The average molecular weight is 180 g/mol. The van der Waals surface area contributed by atoms with Gasteiger partial charge >= 0.3 is 5.97 Å². The van der Waals surface area contributed by atoms with Gasteiger partial charge in [-0.05, 0) is 0 Å². The van der Waals surface area contributed by atoms with Gasteiger partial charge in [-0.2, -0.15) is 0 Å². The first-order valence-corrected chi connectivity index (χ1v) is 3.57. The van der Waals surface area contributed by atoms with E-state index < -0.39 is 5.97 Å². The Morgan fingerprint density at radius 3 is 2.73 bits per heavy atom. The van der Waals surface area contributed by atoms with E-state index in [1.165, 1.54) is 7.11 Å². The molecule has 0 aromatic heterocycles. The van der Waals surface area contributed by atoms with Crippen molar-refractivity contribution >= 4 is 23.5 Å². The number of nitrogens with one attached hydrogen (secondary N) is 1. The van der Waals surface area contributed by atoms with Crippen LogP contribution in [0.25, 0.3) is 0 Å². The van der Waals surface area contributed by atoms with Crippen molar-refractivity contribution in [2.75, 3.05) is 19.6 Å². The summed E-state index contributed by atoms with van der Waals surface area (Å²) in [7, 11) is 1.26. The molecule has 64 valence electrons. The van der Waals surface area contributed by atoms with Crippen LogP contribution in [0.15, 0.2) is 0 Å². The Morgan fingerprint density at radius 2 is 2.27 bits per heavy atom. The maximum atomic E-state index is 10.5. The molecular weight excluding hydrogens is 170 g/mol. The predicted molar refractivity (Wildman–Crippen MR) is 41.0 cm³/mol. The standard InChI is InChI=1S/C6H10ClNO3/c1-10-6(9)4-5(8)11-3-2-7/h8H,2-4H2,1H3. The van der Waals surface area contributed by atoms with E-state index in [1.807, 2.05) is 0 Å². The quantitative estimate of drug-likeness (QED) is 0.300. The molecule has 0 radical (unpaired) electrons. The summed E-state index contributed by atoms with van der Waals surface area (Å²) in [6.07, 6.45) is -0.132. The average Bonchev–Trinajstić information content (AvgIpc) is 2.00. The smallest absolute Gasteiger partial charge is 0.314 e. The van der Waals surface area contributed by atoms with Gasteiger partial charge in [0.2, 0.25) is 0 Å². The highest BCUT2D eigenvalue weighted by Gasteiger charge is 2.05. The Balaban J connectivity index is 3.44. The third-order valence-corrected chi connectivity index (χ3v) is 1.04. The third kappa shape index (κ3) is 5.66. The van der Waals surface area contributed by atoms with E-state index in [2.05, 4.69) is 4.74 Å². The van der Waals surface area contributed by atoms with Gasteiger partial charge in [0.25, 0.3) is 0 Å². The molecule has 11 heavy (non-hydrogen) atoms. The number of carbonyl (C=O) groups is 1. The van der Waals surface area contributed by atoms with Crippen LogP contribution in [0, 0.1) is 5.41 Å². The monoisotopic (exact) mass is 179 g/mol. The highest BCUT2D eigenvalue weighted by molar-refractivity contribution is 6.18. The first kappa shape index (κ1) is 10.2. The van der Waals surface area contributed by atoms with Crippen LogP contribution in [-0.4, -0.2) is 31.5 Å². The molecule has 0 unspecified atom stereocenters. The molecule has 0 aliphatic carbocycles. The highest BCUT2D eigenvalue weighted by Crippen LogP contribution is 1.90. The number of hydrogen-bond donors (Lipinski definition) is 1. The lowest BCUT2D eigenvalue weighted by Gasteiger charge is -2.03. The topological polar surface area (TPSA) is 59.4 Å². The van der Waals surface area contributed by atoms with E-state index in [0.29, 0.717) is 5.88 Å². The Hall–Kier alpha value is -0.770. The first-order valence-electron chi connectivity index (χ1n) is 3.03. The summed E-state index contributed by atoms with van der Waals surface area (Å²) in [5.41, 5.74) is 0.